The van der Waals surface area contributed by atoms with Crippen molar-refractivity contribution in [3.05, 3.63) is 48.0 Å². The number of hydrogen-bond donors (Lipinski definition) is 2. The van der Waals surface area contributed by atoms with Crippen molar-refractivity contribution in [2.45, 2.75) is 51.1 Å². The van der Waals surface area contributed by atoms with E-state index in [1.54, 1.807) is 0 Å². The minimum absolute atomic E-state index is 0.0482. The highest BCUT2D eigenvalue weighted by molar-refractivity contribution is 5.19. The molecule has 0 heterocycles. The van der Waals surface area contributed by atoms with Crippen molar-refractivity contribution >= 4 is 0 Å². The second-order valence-corrected chi connectivity index (χ2v) is 5.73. The summed E-state index contributed by atoms with van der Waals surface area (Å²) in [6, 6.07) is 10.8. The highest BCUT2D eigenvalue weighted by Gasteiger charge is 2.24. The van der Waals surface area contributed by atoms with Crippen LogP contribution in [0.3, 0.4) is 0 Å². The van der Waals surface area contributed by atoms with Crippen LogP contribution < -0.4 is 5.32 Å². The van der Waals surface area contributed by atoms with E-state index in [0.29, 0.717) is 12.0 Å². The van der Waals surface area contributed by atoms with Crippen molar-refractivity contribution in [3.8, 4) is 0 Å². The Morgan fingerprint density at radius 1 is 1.30 bits per heavy atom. The lowest BCUT2D eigenvalue weighted by molar-refractivity contribution is 0.217. The average molecular weight is 273 g/mol. The molecule has 0 unspecified atom stereocenters. The Labute approximate surface area is 122 Å². The van der Waals surface area contributed by atoms with Gasteiger partial charge in [-0.2, -0.15) is 0 Å². The van der Waals surface area contributed by atoms with Crippen LogP contribution in [0.5, 0.6) is 0 Å². The van der Waals surface area contributed by atoms with Crippen molar-refractivity contribution in [2.24, 2.45) is 5.92 Å². The molecule has 2 N–H and O–H groups in total. The molecule has 3 atom stereocenters. The van der Waals surface area contributed by atoms with Crippen LogP contribution in [0.1, 0.15) is 50.6 Å². The summed E-state index contributed by atoms with van der Waals surface area (Å²) in [5.41, 5.74) is 1.18. The van der Waals surface area contributed by atoms with Gasteiger partial charge in [0.25, 0.3) is 0 Å². The molecule has 0 aliphatic heterocycles. The summed E-state index contributed by atoms with van der Waals surface area (Å²) < 4.78 is 0. The van der Waals surface area contributed by atoms with E-state index in [1.165, 1.54) is 37.7 Å². The first-order valence-electron chi connectivity index (χ1n) is 7.93. The molecule has 110 valence electrons. The number of unbranched alkanes of at least 4 members (excludes halogenated alkanes) is 1. The van der Waals surface area contributed by atoms with Crippen LogP contribution in [0, 0.1) is 5.92 Å². The summed E-state index contributed by atoms with van der Waals surface area (Å²) in [5.74, 6) is 0.624. The van der Waals surface area contributed by atoms with Gasteiger partial charge in [-0.1, -0.05) is 62.2 Å². The standard InChI is InChI=1S/C18H27NO/c1-2-3-13-17(15-11-7-8-12-15)19-18(14-20)16-9-5-4-6-10-16/h4-7,9-11,15,17-20H,2-3,8,12-14H2,1H3/t15-,17-,18-/m0/s1. The molecule has 1 aromatic rings. The van der Waals surface area contributed by atoms with Crippen molar-refractivity contribution in [2.75, 3.05) is 6.61 Å². The van der Waals surface area contributed by atoms with Crippen molar-refractivity contribution in [1.82, 2.24) is 5.32 Å². The Balaban J connectivity index is 2.02. The zero-order chi connectivity index (χ0) is 14.2. The maximum atomic E-state index is 9.72. The van der Waals surface area contributed by atoms with Crippen LogP contribution >= 0.6 is 0 Å². The molecule has 0 amide bonds. The quantitative estimate of drug-likeness (QED) is 0.705. The summed E-state index contributed by atoms with van der Waals surface area (Å²) in [6.45, 7) is 2.39. The normalized spacial score (nSPS) is 21.0. The minimum Gasteiger partial charge on any atom is -0.394 e. The smallest absolute Gasteiger partial charge is 0.0626 e. The van der Waals surface area contributed by atoms with E-state index in [0.717, 1.165) is 0 Å². The van der Waals surface area contributed by atoms with E-state index in [2.05, 4.69) is 36.5 Å². The molecular formula is C18H27NO. The molecule has 0 aromatic heterocycles. The fourth-order valence-corrected chi connectivity index (χ4v) is 3.03. The van der Waals surface area contributed by atoms with E-state index in [9.17, 15) is 5.11 Å². The van der Waals surface area contributed by atoms with Crippen LogP contribution in [0.25, 0.3) is 0 Å². The topological polar surface area (TPSA) is 32.3 Å². The van der Waals surface area contributed by atoms with Crippen molar-refractivity contribution in [3.63, 3.8) is 0 Å². The predicted molar refractivity (Wildman–Crippen MR) is 84.6 cm³/mol. The third-order valence-electron chi connectivity index (χ3n) is 4.24. The first-order chi connectivity index (χ1) is 9.85. The number of allylic oxidation sites excluding steroid dienone is 1. The van der Waals surface area contributed by atoms with Crippen LogP contribution in [0.15, 0.2) is 42.5 Å². The molecule has 1 aromatic carbocycles. The molecule has 2 nitrogen and oxygen atoms in total. The second-order valence-electron chi connectivity index (χ2n) is 5.73. The maximum Gasteiger partial charge on any atom is 0.0626 e. The second kappa shape index (κ2) is 8.23. The van der Waals surface area contributed by atoms with Crippen LogP contribution in [0.4, 0.5) is 0 Å². The van der Waals surface area contributed by atoms with Gasteiger partial charge in [0.1, 0.15) is 0 Å². The van der Waals surface area contributed by atoms with Crippen LogP contribution in [-0.4, -0.2) is 17.8 Å². The monoisotopic (exact) mass is 273 g/mol. The Morgan fingerprint density at radius 2 is 2.10 bits per heavy atom. The fourth-order valence-electron chi connectivity index (χ4n) is 3.03. The average Bonchev–Trinajstić information content (AvgIpc) is 3.03. The molecule has 1 aliphatic carbocycles. The lowest BCUT2D eigenvalue weighted by atomic mass is 9.93. The number of aliphatic hydroxyl groups excluding tert-OH is 1. The summed E-state index contributed by atoms with van der Waals surface area (Å²) in [4.78, 5) is 0. The molecule has 2 rings (SSSR count). The Hall–Kier alpha value is -1.12. The SMILES string of the molecule is CCCC[C@H](N[C@@H](CO)c1ccccc1)[C@H]1C=CCC1. The van der Waals surface area contributed by atoms with E-state index in [1.807, 2.05) is 18.2 Å². The van der Waals surface area contributed by atoms with Gasteiger partial charge in [-0.15, -0.1) is 0 Å². The zero-order valence-electron chi connectivity index (χ0n) is 12.5. The zero-order valence-corrected chi connectivity index (χ0v) is 12.5. The lowest BCUT2D eigenvalue weighted by Gasteiger charge is -2.29. The third kappa shape index (κ3) is 4.19. The number of rotatable bonds is 8. The number of hydrogen-bond acceptors (Lipinski definition) is 2. The van der Waals surface area contributed by atoms with Gasteiger partial charge < -0.3 is 10.4 Å². The van der Waals surface area contributed by atoms with Gasteiger partial charge in [-0.3, -0.25) is 0 Å². The van der Waals surface area contributed by atoms with Gasteiger partial charge in [-0.25, -0.2) is 0 Å². The Kier molecular flexibility index (Phi) is 6.28. The number of benzene rings is 1. The molecule has 0 radical (unpaired) electrons. The first kappa shape index (κ1) is 15.3. The maximum absolute atomic E-state index is 9.72. The van der Waals surface area contributed by atoms with Gasteiger partial charge in [0.2, 0.25) is 0 Å². The summed E-state index contributed by atoms with van der Waals surface area (Å²) in [7, 11) is 0. The lowest BCUT2D eigenvalue weighted by Crippen LogP contribution is -2.39. The van der Waals surface area contributed by atoms with Crippen molar-refractivity contribution < 1.29 is 5.11 Å². The first-order valence-corrected chi connectivity index (χ1v) is 7.93. The van der Waals surface area contributed by atoms with E-state index >= 15 is 0 Å². The van der Waals surface area contributed by atoms with Gasteiger partial charge in [0, 0.05) is 6.04 Å². The van der Waals surface area contributed by atoms with Crippen molar-refractivity contribution in [1.29, 1.82) is 0 Å². The highest BCUT2D eigenvalue weighted by atomic mass is 16.3. The van der Waals surface area contributed by atoms with E-state index in [-0.39, 0.29) is 12.6 Å². The largest absolute Gasteiger partial charge is 0.394 e. The number of nitrogens with one attached hydrogen (secondary N) is 1. The summed E-state index contributed by atoms with van der Waals surface area (Å²) in [5, 5.41) is 13.4. The molecule has 0 bridgehead atoms. The third-order valence-corrected chi connectivity index (χ3v) is 4.24. The van der Waals surface area contributed by atoms with Crippen LogP contribution in [0.2, 0.25) is 0 Å². The Morgan fingerprint density at radius 3 is 2.70 bits per heavy atom. The Bertz CT molecular complexity index is 401. The summed E-state index contributed by atoms with van der Waals surface area (Å²) in [6.07, 6.45) is 10.8. The van der Waals surface area contributed by atoms with Gasteiger partial charge in [-0.05, 0) is 30.7 Å². The molecule has 0 fully saturated rings. The van der Waals surface area contributed by atoms with Crippen LogP contribution in [-0.2, 0) is 0 Å². The molecule has 1 aliphatic rings. The van der Waals surface area contributed by atoms with Gasteiger partial charge in [0.15, 0.2) is 0 Å². The number of aliphatic hydroxyl groups is 1. The van der Waals surface area contributed by atoms with Gasteiger partial charge >= 0.3 is 0 Å². The minimum atomic E-state index is 0.0482. The molecule has 0 saturated carbocycles. The molecule has 0 saturated heterocycles. The highest BCUT2D eigenvalue weighted by Crippen LogP contribution is 2.26. The van der Waals surface area contributed by atoms with E-state index < -0.39 is 0 Å². The van der Waals surface area contributed by atoms with Gasteiger partial charge in [0.05, 0.1) is 12.6 Å². The summed E-state index contributed by atoms with van der Waals surface area (Å²) >= 11 is 0. The van der Waals surface area contributed by atoms with E-state index in [4.69, 9.17) is 0 Å². The molecular weight excluding hydrogens is 246 g/mol. The molecule has 2 heteroatoms. The molecule has 20 heavy (non-hydrogen) atoms. The fraction of sp³-hybridized carbons (Fsp3) is 0.556. The molecule has 0 spiro atoms. The predicted octanol–water partition coefficient (Wildman–Crippen LogP) is 3.83.